The molecule has 0 atom stereocenters. The number of halogens is 2. The van der Waals surface area contributed by atoms with Gasteiger partial charge in [0, 0.05) is 27.7 Å². The first kappa shape index (κ1) is 22.1. The fraction of sp³-hybridized carbons (Fsp3) is 0.200. The Morgan fingerprint density at radius 1 is 1.10 bits per heavy atom. The van der Waals surface area contributed by atoms with Crippen molar-refractivity contribution in [1.29, 1.82) is 0 Å². The predicted molar refractivity (Wildman–Crippen MR) is 115 cm³/mol. The van der Waals surface area contributed by atoms with Gasteiger partial charge in [0.15, 0.2) is 0 Å². The number of carbonyl (C=O) groups excluding carboxylic acids is 2. The van der Waals surface area contributed by atoms with Crippen LogP contribution in [-0.2, 0) is 25.4 Å². The number of nitrogens with zero attached hydrogens (tertiary/aromatic N) is 1. The zero-order chi connectivity index (χ0) is 21.9. The predicted octanol–water partition coefficient (Wildman–Crippen LogP) is 2.87. The van der Waals surface area contributed by atoms with E-state index in [9.17, 15) is 18.0 Å². The van der Waals surface area contributed by atoms with Gasteiger partial charge >= 0.3 is 0 Å². The van der Waals surface area contributed by atoms with Gasteiger partial charge in [-0.25, -0.2) is 12.7 Å². The van der Waals surface area contributed by atoms with Crippen LogP contribution in [0.5, 0.6) is 5.75 Å². The van der Waals surface area contributed by atoms with Gasteiger partial charge in [0.2, 0.25) is 15.9 Å². The summed E-state index contributed by atoms with van der Waals surface area (Å²) in [7, 11) is -2.66. The van der Waals surface area contributed by atoms with E-state index in [2.05, 4.69) is 5.32 Å². The third-order valence-corrected chi connectivity index (χ3v) is 6.54. The van der Waals surface area contributed by atoms with Crippen molar-refractivity contribution in [3.05, 3.63) is 69.2 Å². The minimum Gasteiger partial charge on any atom is -0.496 e. The summed E-state index contributed by atoms with van der Waals surface area (Å²) in [5.41, 5.74) is 1.01. The second kappa shape index (κ2) is 9.07. The SMILES string of the molecule is COc1ccc(Cl)cc1C=C1CNC(=O)CN(S(=O)(=O)Cc2ccc(Cl)cc2)C1=O. The average molecular weight is 469 g/mol. The summed E-state index contributed by atoms with van der Waals surface area (Å²) in [6.07, 6.45) is 1.46. The molecule has 0 spiro atoms. The quantitative estimate of drug-likeness (QED) is 0.680. The van der Waals surface area contributed by atoms with E-state index in [1.807, 2.05) is 0 Å². The smallest absolute Gasteiger partial charge is 0.265 e. The first-order chi connectivity index (χ1) is 14.2. The van der Waals surface area contributed by atoms with Crippen LogP contribution in [0.2, 0.25) is 10.0 Å². The number of carbonyl (C=O) groups is 2. The van der Waals surface area contributed by atoms with Gasteiger partial charge in [0.25, 0.3) is 5.91 Å². The van der Waals surface area contributed by atoms with Crippen LogP contribution in [0.15, 0.2) is 48.0 Å². The van der Waals surface area contributed by atoms with E-state index in [1.165, 1.54) is 13.2 Å². The number of hydrogen-bond acceptors (Lipinski definition) is 5. The van der Waals surface area contributed by atoms with E-state index in [0.29, 0.717) is 31.2 Å². The fourth-order valence-electron chi connectivity index (χ4n) is 2.90. The normalized spacial score (nSPS) is 16.4. The van der Waals surface area contributed by atoms with Crippen LogP contribution in [0, 0.1) is 0 Å². The molecule has 0 aromatic heterocycles. The van der Waals surface area contributed by atoms with E-state index in [4.69, 9.17) is 27.9 Å². The van der Waals surface area contributed by atoms with E-state index >= 15 is 0 Å². The molecule has 1 fully saturated rings. The number of nitrogens with one attached hydrogen (secondary N) is 1. The molecule has 1 aliphatic heterocycles. The van der Waals surface area contributed by atoms with Crippen molar-refractivity contribution in [3.63, 3.8) is 0 Å². The first-order valence-corrected chi connectivity index (χ1v) is 11.2. The third-order valence-electron chi connectivity index (χ3n) is 4.38. The zero-order valence-electron chi connectivity index (χ0n) is 15.9. The topological polar surface area (TPSA) is 92.8 Å². The molecule has 0 aliphatic carbocycles. The lowest BCUT2D eigenvalue weighted by Gasteiger charge is -2.20. The number of hydrogen-bond donors (Lipinski definition) is 1. The van der Waals surface area contributed by atoms with Crippen LogP contribution < -0.4 is 10.1 Å². The number of amides is 2. The van der Waals surface area contributed by atoms with E-state index < -0.39 is 34.1 Å². The summed E-state index contributed by atoms with van der Waals surface area (Å²) in [4.78, 5) is 25.2. The number of benzene rings is 2. The maximum Gasteiger partial charge on any atom is 0.265 e. The third kappa shape index (κ3) is 5.13. The second-order valence-electron chi connectivity index (χ2n) is 6.53. The van der Waals surface area contributed by atoms with Crippen LogP contribution >= 0.6 is 23.2 Å². The van der Waals surface area contributed by atoms with Gasteiger partial charge in [-0.15, -0.1) is 0 Å². The Kier molecular flexibility index (Phi) is 6.70. The molecule has 158 valence electrons. The van der Waals surface area contributed by atoms with Crippen molar-refractivity contribution < 1.29 is 22.7 Å². The Labute approximate surface area is 184 Å². The number of methoxy groups -OCH3 is 1. The molecular formula is C20H18Cl2N2O5S. The lowest BCUT2D eigenvalue weighted by Crippen LogP contribution is -2.41. The highest BCUT2D eigenvalue weighted by molar-refractivity contribution is 7.88. The summed E-state index contributed by atoms with van der Waals surface area (Å²) in [5.74, 6) is -1.36. The number of sulfonamides is 1. The standard InChI is InChI=1S/C20H18Cl2N2O5S/c1-29-18-7-6-17(22)9-14(18)8-15-10-23-19(25)11-24(20(15)26)30(27,28)12-13-2-4-16(21)5-3-13/h2-9H,10-12H2,1H3,(H,23,25). The van der Waals surface area contributed by atoms with Crippen molar-refractivity contribution in [1.82, 2.24) is 9.62 Å². The van der Waals surface area contributed by atoms with Gasteiger partial charge < -0.3 is 10.1 Å². The van der Waals surface area contributed by atoms with Crippen LogP contribution in [0.4, 0.5) is 0 Å². The largest absolute Gasteiger partial charge is 0.496 e. The molecule has 0 bridgehead atoms. The molecule has 10 heteroatoms. The van der Waals surface area contributed by atoms with E-state index in [1.54, 1.807) is 42.5 Å². The molecule has 0 unspecified atom stereocenters. The van der Waals surface area contributed by atoms with Crippen molar-refractivity contribution in [2.45, 2.75) is 5.75 Å². The molecule has 0 saturated carbocycles. The molecule has 1 saturated heterocycles. The van der Waals surface area contributed by atoms with Gasteiger partial charge in [-0.1, -0.05) is 35.3 Å². The molecule has 1 N–H and O–H groups in total. The van der Waals surface area contributed by atoms with Crippen LogP contribution in [0.1, 0.15) is 11.1 Å². The lowest BCUT2D eigenvalue weighted by molar-refractivity contribution is -0.127. The maximum atomic E-state index is 13.1. The van der Waals surface area contributed by atoms with Crippen molar-refractivity contribution >= 4 is 51.1 Å². The van der Waals surface area contributed by atoms with Gasteiger partial charge in [0.1, 0.15) is 12.3 Å². The van der Waals surface area contributed by atoms with Gasteiger partial charge in [-0.05, 0) is 42.0 Å². The molecule has 7 nitrogen and oxygen atoms in total. The molecule has 2 amide bonds. The van der Waals surface area contributed by atoms with Gasteiger partial charge in [-0.3, -0.25) is 9.59 Å². The molecule has 2 aromatic carbocycles. The second-order valence-corrected chi connectivity index (χ2v) is 9.29. The van der Waals surface area contributed by atoms with Crippen molar-refractivity contribution in [2.75, 3.05) is 20.2 Å². The Morgan fingerprint density at radius 2 is 1.77 bits per heavy atom. The maximum absolute atomic E-state index is 13.1. The Balaban J connectivity index is 1.97. The minimum absolute atomic E-state index is 0.0843. The molecular weight excluding hydrogens is 451 g/mol. The van der Waals surface area contributed by atoms with Crippen molar-refractivity contribution in [2.24, 2.45) is 0 Å². The van der Waals surface area contributed by atoms with E-state index in [0.717, 1.165) is 0 Å². The van der Waals surface area contributed by atoms with E-state index in [-0.39, 0.29) is 12.1 Å². The van der Waals surface area contributed by atoms with Crippen LogP contribution in [0.25, 0.3) is 6.08 Å². The molecule has 2 aromatic rings. The lowest BCUT2D eigenvalue weighted by atomic mass is 10.1. The molecule has 0 radical (unpaired) electrons. The first-order valence-electron chi connectivity index (χ1n) is 8.79. The van der Waals surface area contributed by atoms with Gasteiger partial charge in [-0.2, -0.15) is 0 Å². The Morgan fingerprint density at radius 3 is 2.43 bits per heavy atom. The number of rotatable bonds is 5. The summed E-state index contributed by atoms with van der Waals surface area (Å²) in [6.45, 7) is -0.723. The highest BCUT2D eigenvalue weighted by atomic mass is 35.5. The summed E-state index contributed by atoms with van der Waals surface area (Å²) < 4.78 is 31.7. The monoisotopic (exact) mass is 468 g/mol. The summed E-state index contributed by atoms with van der Waals surface area (Å²) in [6, 6.07) is 11.1. The Hall–Kier alpha value is -2.55. The number of ether oxygens (including phenoxy) is 1. The highest BCUT2D eigenvalue weighted by Crippen LogP contribution is 2.26. The van der Waals surface area contributed by atoms with Crippen LogP contribution in [-0.4, -0.2) is 44.7 Å². The highest BCUT2D eigenvalue weighted by Gasteiger charge is 2.34. The van der Waals surface area contributed by atoms with Gasteiger partial charge in [0.05, 0.1) is 12.9 Å². The molecule has 1 heterocycles. The fourth-order valence-corrected chi connectivity index (χ4v) is 4.66. The minimum atomic E-state index is -4.12. The Bertz CT molecular complexity index is 1110. The average Bonchev–Trinajstić information content (AvgIpc) is 2.84. The van der Waals surface area contributed by atoms with Crippen molar-refractivity contribution in [3.8, 4) is 5.75 Å². The summed E-state index contributed by atoms with van der Waals surface area (Å²) >= 11 is 11.9. The molecule has 3 rings (SSSR count). The molecule has 30 heavy (non-hydrogen) atoms. The van der Waals surface area contributed by atoms with Crippen LogP contribution in [0.3, 0.4) is 0 Å². The molecule has 1 aliphatic rings. The zero-order valence-corrected chi connectivity index (χ0v) is 18.2. The summed E-state index contributed by atoms with van der Waals surface area (Å²) in [5, 5.41) is 3.42.